The Morgan fingerprint density at radius 3 is 2.65 bits per heavy atom. The summed E-state index contributed by atoms with van der Waals surface area (Å²) in [5, 5.41) is 14.8. The molecule has 0 aliphatic carbocycles. The van der Waals surface area contributed by atoms with Gasteiger partial charge >= 0.3 is 0 Å². The average molecular weight is 332 g/mol. The van der Waals surface area contributed by atoms with Crippen molar-refractivity contribution in [2.24, 2.45) is 12.0 Å². The molecule has 2 aromatic rings. The van der Waals surface area contributed by atoms with Gasteiger partial charge in [0.05, 0.1) is 0 Å². The minimum atomic E-state index is 0.512. The van der Waals surface area contributed by atoms with Crippen LogP contribution in [0.5, 0.6) is 0 Å². The predicted molar refractivity (Wildman–Crippen MR) is 95.7 cm³/mol. The Kier molecular flexibility index (Phi) is 6.93. The number of aryl methyl sites for hydroxylation is 1. The summed E-state index contributed by atoms with van der Waals surface area (Å²) < 4.78 is 1.96. The monoisotopic (exact) mass is 332 g/mol. The zero-order chi connectivity index (χ0) is 16.5. The van der Waals surface area contributed by atoms with Crippen LogP contribution in [0.2, 0.25) is 0 Å². The summed E-state index contributed by atoms with van der Waals surface area (Å²) in [7, 11) is 1.96. The molecule has 0 atom stereocenters. The molecule has 23 heavy (non-hydrogen) atoms. The fraction of sp³-hybridized carbons (Fsp3) is 0.438. The molecule has 0 fully saturated rings. The fourth-order valence-electron chi connectivity index (χ4n) is 1.94. The smallest absolute Gasteiger partial charge is 0.191 e. The maximum atomic E-state index is 4.56. The van der Waals surface area contributed by atoms with Gasteiger partial charge in [0.2, 0.25) is 0 Å². The molecule has 0 unspecified atom stereocenters. The maximum absolute atomic E-state index is 4.56. The van der Waals surface area contributed by atoms with Crippen LogP contribution in [0, 0.1) is 6.92 Å². The summed E-state index contributed by atoms with van der Waals surface area (Å²) in [6, 6.07) is 10.4. The molecule has 2 N–H and O–H groups in total. The van der Waals surface area contributed by atoms with Crippen LogP contribution < -0.4 is 10.6 Å². The third-order valence-corrected chi connectivity index (χ3v) is 4.33. The largest absolute Gasteiger partial charge is 0.357 e. The second-order valence-corrected chi connectivity index (χ2v) is 6.17. The standard InChI is InChI=1S/C16H24N6S/c1-4-17-16(19-12-15-21-20-13(2)22(15)3)18-10-11-23-14-8-6-5-7-9-14/h5-9H,4,10-12H2,1-3H3,(H2,17,18,19). The zero-order valence-corrected chi connectivity index (χ0v) is 14.7. The Morgan fingerprint density at radius 1 is 1.22 bits per heavy atom. The van der Waals surface area contributed by atoms with E-state index in [0.29, 0.717) is 6.54 Å². The van der Waals surface area contributed by atoms with Gasteiger partial charge in [-0.25, -0.2) is 4.99 Å². The number of guanidine groups is 1. The Bertz CT molecular complexity index is 623. The summed E-state index contributed by atoms with van der Waals surface area (Å²) >= 11 is 1.83. The summed E-state index contributed by atoms with van der Waals surface area (Å²) in [5.41, 5.74) is 0. The van der Waals surface area contributed by atoms with Crippen molar-refractivity contribution in [3.63, 3.8) is 0 Å². The molecular formula is C16H24N6S. The first-order valence-corrected chi connectivity index (χ1v) is 8.74. The van der Waals surface area contributed by atoms with Gasteiger partial charge in [-0.1, -0.05) is 18.2 Å². The number of nitrogens with one attached hydrogen (secondary N) is 2. The van der Waals surface area contributed by atoms with Crippen molar-refractivity contribution >= 4 is 17.7 Å². The summed E-state index contributed by atoms with van der Waals surface area (Å²) in [4.78, 5) is 5.85. The summed E-state index contributed by atoms with van der Waals surface area (Å²) in [5.74, 6) is 3.55. The molecule has 124 valence electrons. The Hall–Kier alpha value is -2.02. The van der Waals surface area contributed by atoms with Crippen molar-refractivity contribution in [2.75, 3.05) is 18.8 Å². The molecule has 0 aliphatic heterocycles. The number of hydrogen-bond acceptors (Lipinski definition) is 4. The van der Waals surface area contributed by atoms with Crippen LogP contribution in [0.15, 0.2) is 40.2 Å². The van der Waals surface area contributed by atoms with Crippen LogP contribution in [-0.4, -0.2) is 39.6 Å². The first-order valence-electron chi connectivity index (χ1n) is 7.75. The highest BCUT2D eigenvalue weighted by Crippen LogP contribution is 2.15. The molecule has 0 spiro atoms. The van der Waals surface area contributed by atoms with Crippen molar-refractivity contribution in [3.8, 4) is 0 Å². The van der Waals surface area contributed by atoms with E-state index in [0.717, 1.165) is 36.5 Å². The number of nitrogens with zero attached hydrogens (tertiary/aromatic N) is 4. The molecule has 1 aromatic heterocycles. The van der Waals surface area contributed by atoms with E-state index < -0.39 is 0 Å². The molecule has 0 amide bonds. The molecule has 0 aliphatic rings. The average Bonchev–Trinajstić information content (AvgIpc) is 2.89. The second-order valence-electron chi connectivity index (χ2n) is 5.01. The van der Waals surface area contributed by atoms with Crippen molar-refractivity contribution in [2.45, 2.75) is 25.3 Å². The molecule has 0 bridgehead atoms. The lowest BCUT2D eigenvalue weighted by molar-refractivity contribution is 0.760. The van der Waals surface area contributed by atoms with Crippen molar-refractivity contribution in [1.29, 1.82) is 0 Å². The maximum Gasteiger partial charge on any atom is 0.191 e. The van der Waals surface area contributed by atoms with Crippen LogP contribution in [-0.2, 0) is 13.6 Å². The number of rotatable bonds is 7. The Labute approximate surface area is 141 Å². The van der Waals surface area contributed by atoms with Gasteiger partial charge < -0.3 is 15.2 Å². The van der Waals surface area contributed by atoms with Crippen molar-refractivity contribution in [3.05, 3.63) is 42.0 Å². The number of hydrogen-bond donors (Lipinski definition) is 2. The lowest BCUT2D eigenvalue weighted by Crippen LogP contribution is -2.38. The SMILES string of the molecule is CCNC(=NCc1nnc(C)n1C)NCCSc1ccccc1. The summed E-state index contributed by atoms with van der Waals surface area (Å²) in [6.07, 6.45) is 0. The molecule has 0 saturated carbocycles. The lowest BCUT2D eigenvalue weighted by atomic mass is 10.4. The van der Waals surface area contributed by atoms with E-state index in [2.05, 4.69) is 57.0 Å². The van der Waals surface area contributed by atoms with Crippen LogP contribution in [0.3, 0.4) is 0 Å². The Balaban J connectivity index is 1.81. The van der Waals surface area contributed by atoms with E-state index in [-0.39, 0.29) is 0 Å². The third-order valence-electron chi connectivity index (χ3n) is 3.31. The molecule has 0 saturated heterocycles. The summed E-state index contributed by atoms with van der Waals surface area (Å²) in [6.45, 7) is 6.18. The highest BCUT2D eigenvalue weighted by Gasteiger charge is 2.04. The molecule has 2 rings (SSSR count). The van der Waals surface area contributed by atoms with E-state index in [1.54, 1.807) is 0 Å². The second kappa shape index (κ2) is 9.19. The minimum absolute atomic E-state index is 0.512. The highest BCUT2D eigenvalue weighted by molar-refractivity contribution is 7.99. The van der Waals surface area contributed by atoms with Gasteiger partial charge in [0.15, 0.2) is 11.8 Å². The van der Waals surface area contributed by atoms with E-state index in [1.165, 1.54) is 4.90 Å². The zero-order valence-electron chi connectivity index (χ0n) is 13.9. The van der Waals surface area contributed by atoms with E-state index in [4.69, 9.17) is 0 Å². The molecular weight excluding hydrogens is 308 g/mol. The number of aromatic nitrogens is 3. The third kappa shape index (κ3) is 5.59. The number of thioether (sulfide) groups is 1. The van der Waals surface area contributed by atoms with Gasteiger partial charge in [-0.3, -0.25) is 0 Å². The molecule has 7 heteroatoms. The number of aliphatic imine (C=N–C) groups is 1. The first kappa shape index (κ1) is 17.3. The van der Waals surface area contributed by atoms with Crippen LogP contribution in [0.1, 0.15) is 18.6 Å². The molecule has 6 nitrogen and oxygen atoms in total. The van der Waals surface area contributed by atoms with Gasteiger partial charge in [-0.15, -0.1) is 22.0 Å². The van der Waals surface area contributed by atoms with Crippen LogP contribution in [0.25, 0.3) is 0 Å². The quantitative estimate of drug-likeness (QED) is 0.351. The number of benzene rings is 1. The van der Waals surface area contributed by atoms with Crippen molar-refractivity contribution < 1.29 is 0 Å². The topological polar surface area (TPSA) is 67.1 Å². The van der Waals surface area contributed by atoms with E-state index in [9.17, 15) is 0 Å². The molecule has 1 heterocycles. The first-order chi connectivity index (χ1) is 11.2. The molecule has 1 aromatic carbocycles. The fourth-order valence-corrected chi connectivity index (χ4v) is 2.72. The van der Waals surface area contributed by atoms with Crippen LogP contribution >= 0.6 is 11.8 Å². The van der Waals surface area contributed by atoms with Gasteiger partial charge in [-0.2, -0.15) is 0 Å². The van der Waals surface area contributed by atoms with Crippen LogP contribution in [0.4, 0.5) is 0 Å². The molecule has 0 radical (unpaired) electrons. The van der Waals surface area contributed by atoms with Gasteiger partial charge in [-0.05, 0) is 26.0 Å². The normalized spacial score (nSPS) is 11.5. The lowest BCUT2D eigenvalue weighted by Gasteiger charge is -2.11. The van der Waals surface area contributed by atoms with Crippen molar-refractivity contribution in [1.82, 2.24) is 25.4 Å². The van der Waals surface area contributed by atoms with Gasteiger partial charge in [0, 0.05) is 30.8 Å². The van der Waals surface area contributed by atoms with Gasteiger partial charge in [0.25, 0.3) is 0 Å². The van der Waals surface area contributed by atoms with E-state index >= 15 is 0 Å². The Morgan fingerprint density at radius 2 is 2.00 bits per heavy atom. The predicted octanol–water partition coefficient (Wildman–Crippen LogP) is 1.97. The minimum Gasteiger partial charge on any atom is -0.357 e. The van der Waals surface area contributed by atoms with E-state index in [1.807, 2.05) is 36.4 Å². The van der Waals surface area contributed by atoms with Gasteiger partial charge in [0.1, 0.15) is 12.4 Å². The highest BCUT2D eigenvalue weighted by atomic mass is 32.2.